The van der Waals surface area contributed by atoms with Crippen LogP contribution in [0.4, 0.5) is 4.79 Å². The van der Waals surface area contributed by atoms with Crippen molar-refractivity contribution in [2.24, 2.45) is 0 Å². The van der Waals surface area contributed by atoms with Gasteiger partial charge in [0.2, 0.25) is 0 Å². The van der Waals surface area contributed by atoms with E-state index >= 15 is 0 Å². The van der Waals surface area contributed by atoms with E-state index in [1.54, 1.807) is 40.6 Å². The number of urea groups is 1. The third-order valence-electron chi connectivity index (χ3n) is 1.33. The van der Waals surface area contributed by atoms with Crippen LogP contribution in [-0.2, 0) is 9.84 Å². The van der Waals surface area contributed by atoms with Gasteiger partial charge in [0.1, 0.15) is 9.84 Å². The largest absolute Gasteiger partial charge is 0.331 e. The van der Waals surface area contributed by atoms with Crippen LogP contribution in [0.15, 0.2) is 30.6 Å². The smallest absolute Gasteiger partial charge is 0.318 e. The highest BCUT2D eigenvalue weighted by Gasteiger charge is 2.02. The summed E-state index contributed by atoms with van der Waals surface area (Å²) >= 11 is 0. The molecule has 0 radical (unpaired) electrons. The number of aromatic nitrogens is 1. The molecule has 0 aliphatic carbocycles. The molecule has 0 spiro atoms. The van der Waals surface area contributed by atoms with E-state index in [0.29, 0.717) is 0 Å². The molecule has 0 aliphatic rings. The SMILES string of the molecule is CN(C)C(=O)N(C)C.CS(C)(=O)=O.c1ccncc1. The first-order valence-corrected chi connectivity index (χ1v) is 7.74. The number of hydrogen-bond donors (Lipinski definition) is 0. The van der Waals surface area contributed by atoms with E-state index in [-0.39, 0.29) is 6.03 Å². The lowest BCUT2D eigenvalue weighted by Crippen LogP contribution is -2.33. The van der Waals surface area contributed by atoms with Crippen molar-refractivity contribution in [1.29, 1.82) is 0 Å². The first-order valence-electron chi connectivity index (χ1n) is 5.44. The fourth-order valence-corrected chi connectivity index (χ4v) is 0.713. The molecule has 0 N–H and O–H groups in total. The molecule has 0 saturated heterocycles. The Bertz CT molecular complexity index is 386. The minimum absolute atomic E-state index is 0.0185. The van der Waals surface area contributed by atoms with Gasteiger partial charge in [-0.15, -0.1) is 0 Å². The third kappa shape index (κ3) is 22.1. The summed E-state index contributed by atoms with van der Waals surface area (Å²) in [6.45, 7) is 0. The van der Waals surface area contributed by atoms with E-state index in [1.807, 2.05) is 18.2 Å². The lowest BCUT2D eigenvalue weighted by Gasteiger charge is -2.16. The Labute approximate surface area is 116 Å². The second-order valence-electron chi connectivity index (χ2n) is 4.24. The second-order valence-corrected chi connectivity index (χ2v) is 6.52. The van der Waals surface area contributed by atoms with E-state index < -0.39 is 9.84 Å². The highest BCUT2D eigenvalue weighted by molar-refractivity contribution is 7.89. The fourth-order valence-electron chi connectivity index (χ4n) is 0.713. The van der Waals surface area contributed by atoms with Crippen LogP contribution in [-0.4, -0.2) is 69.9 Å². The quantitative estimate of drug-likeness (QED) is 0.713. The fraction of sp³-hybridized carbons (Fsp3) is 0.500. The van der Waals surface area contributed by atoms with Crippen molar-refractivity contribution in [3.8, 4) is 0 Å². The molecule has 1 aromatic heterocycles. The molecule has 1 heterocycles. The summed E-state index contributed by atoms with van der Waals surface area (Å²) in [6.07, 6.45) is 5.82. The summed E-state index contributed by atoms with van der Waals surface area (Å²) in [4.78, 5) is 17.5. The van der Waals surface area contributed by atoms with Crippen LogP contribution < -0.4 is 0 Å². The van der Waals surface area contributed by atoms with Gasteiger partial charge in [-0.2, -0.15) is 0 Å². The zero-order valence-electron chi connectivity index (χ0n) is 12.4. The summed E-state index contributed by atoms with van der Waals surface area (Å²) in [7, 11) is 4.23. The molecule has 19 heavy (non-hydrogen) atoms. The number of pyridine rings is 1. The highest BCUT2D eigenvalue weighted by Crippen LogP contribution is 1.83. The predicted molar refractivity (Wildman–Crippen MR) is 77.8 cm³/mol. The lowest BCUT2D eigenvalue weighted by atomic mass is 10.5. The first kappa shape index (κ1) is 19.7. The highest BCUT2D eigenvalue weighted by atomic mass is 32.2. The number of nitrogens with zero attached hydrogens (tertiary/aromatic N) is 3. The van der Waals surface area contributed by atoms with E-state index in [4.69, 9.17) is 0 Å². The van der Waals surface area contributed by atoms with Gasteiger partial charge in [0.15, 0.2) is 0 Å². The molecule has 1 rings (SSSR count). The van der Waals surface area contributed by atoms with Crippen LogP contribution in [0.2, 0.25) is 0 Å². The molecule has 0 fully saturated rings. The monoisotopic (exact) mass is 289 g/mol. The van der Waals surface area contributed by atoms with E-state index in [9.17, 15) is 13.2 Å². The van der Waals surface area contributed by atoms with Crippen LogP contribution in [0, 0.1) is 0 Å². The summed E-state index contributed by atoms with van der Waals surface area (Å²) in [5, 5.41) is 0. The van der Waals surface area contributed by atoms with Crippen LogP contribution in [0.5, 0.6) is 0 Å². The predicted octanol–water partition coefficient (Wildman–Crippen LogP) is 0.972. The summed E-state index contributed by atoms with van der Waals surface area (Å²) < 4.78 is 19.3. The Balaban J connectivity index is 0. The van der Waals surface area contributed by atoms with Crippen molar-refractivity contribution in [3.05, 3.63) is 30.6 Å². The number of sulfone groups is 1. The minimum atomic E-state index is -2.67. The van der Waals surface area contributed by atoms with Gasteiger partial charge in [-0.25, -0.2) is 13.2 Å². The average molecular weight is 289 g/mol. The Hall–Kier alpha value is -1.63. The van der Waals surface area contributed by atoms with Crippen LogP contribution in [0.25, 0.3) is 0 Å². The normalized spacial score (nSPS) is 9.16. The van der Waals surface area contributed by atoms with Gasteiger partial charge in [0.25, 0.3) is 0 Å². The molecule has 2 amide bonds. The second kappa shape index (κ2) is 10.3. The summed E-state index contributed by atoms with van der Waals surface area (Å²) in [5.74, 6) is 0. The molecule has 0 saturated carbocycles. The minimum Gasteiger partial charge on any atom is -0.331 e. The van der Waals surface area contributed by atoms with Gasteiger partial charge in [0, 0.05) is 53.1 Å². The van der Waals surface area contributed by atoms with Crippen LogP contribution >= 0.6 is 0 Å². The number of rotatable bonds is 0. The molecule has 6 nitrogen and oxygen atoms in total. The van der Waals surface area contributed by atoms with Gasteiger partial charge in [0.05, 0.1) is 0 Å². The third-order valence-corrected chi connectivity index (χ3v) is 1.33. The van der Waals surface area contributed by atoms with Gasteiger partial charge in [-0.3, -0.25) is 4.98 Å². The number of hydrogen-bond acceptors (Lipinski definition) is 4. The summed E-state index contributed by atoms with van der Waals surface area (Å²) in [6, 6.07) is 5.73. The molecule has 0 aliphatic heterocycles. The molecule has 110 valence electrons. The Kier molecular flexibility index (Phi) is 10.7. The van der Waals surface area contributed by atoms with Gasteiger partial charge in [-0.1, -0.05) is 6.07 Å². The zero-order chi connectivity index (χ0) is 15.5. The molecule has 7 heteroatoms. The molecule has 1 aromatic rings. The van der Waals surface area contributed by atoms with Gasteiger partial charge >= 0.3 is 6.03 Å². The lowest BCUT2D eigenvalue weighted by molar-refractivity contribution is 0.191. The van der Waals surface area contributed by atoms with Crippen molar-refractivity contribution in [2.45, 2.75) is 0 Å². The van der Waals surface area contributed by atoms with E-state index in [0.717, 1.165) is 12.5 Å². The van der Waals surface area contributed by atoms with Gasteiger partial charge in [-0.05, 0) is 12.1 Å². The van der Waals surface area contributed by atoms with Crippen LogP contribution in [0.1, 0.15) is 0 Å². The Morgan fingerprint density at radius 2 is 1.21 bits per heavy atom. The summed E-state index contributed by atoms with van der Waals surface area (Å²) in [5.41, 5.74) is 0. The number of carbonyl (C=O) groups excluding carboxylic acids is 1. The topological polar surface area (TPSA) is 70.6 Å². The average Bonchev–Trinajstić information content (AvgIpc) is 2.28. The molecule has 0 aromatic carbocycles. The molecular weight excluding hydrogens is 266 g/mol. The Morgan fingerprint density at radius 3 is 1.26 bits per heavy atom. The van der Waals surface area contributed by atoms with Crippen LogP contribution in [0.3, 0.4) is 0 Å². The van der Waals surface area contributed by atoms with Crippen molar-refractivity contribution < 1.29 is 13.2 Å². The maximum Gasteiger partial charge on any atom is 0.318 e. The van der Waals surface area contributed by atoms with Crippen molar-refractivity contribution in [1.82, 2.24) is 14.8 Å². The number of amides is 2. The van der Waals surface area contributed by atoms with Crippen molar-refractivity contribution >= 4 is 15.9 Å². The Morgan fingerprint density at radius 1 is 0.895 bits per heavy atom. The first-order chi connectivity index (χ1) is 8.55. The molecule has 0 bridgehead atoms. The standard InChI is InChI=1S/C5H12N2O.C5H5N.C2H6O2S/c1-6(2)5(8)7(3)4;1-2-4-6-5-3-1;1-5(2,3)4/h1-4H3;1-5H;1-2H3. The van der Waals surface area contributed by atoms with Crippen molar-refractivity contribution in [2.75, 3.05) is 40.7 Å². The molecule has 0 atom stereocenters. The maximum atomic E-state index is 10.7. The molecule has 0 unspecified atom stereocenters. The number of carbonyl (C=O) groups is 1. The zero-order valence-corrected chi connectivity index (χ0v) is 13.2. The van der Waals surface area contributed by atoms with Crippen molar-refractivity contribution in [3.63, 3.8) is 0 Å². The molecular formula is C12H23N3O3S. The maximum absolute atomic E-state index is 10.7. The van der Waals surface area contributed by atoms with E-state index in [2.05, 4.69) is 4.98 Å². The van der Waals surface area contributed by atoms with E-state index in [1.165, 1.54) is 9.80 Å². The van der Waals surface area contributed by atoms with Gasteiger partial charge < -0.3 is 9.80 Å².